The third kappa shape index (κ3) is 4.28. The van der Waals surface area contributed by atoms with Crippen LogP contribution < -0.4 is 4.90 Å². The maximum atomic E-state index is 13.2. The van der Waals surface area contributed by atoms with E-state index < -0.39 is 5.97 Å². The maximum Gasteiger partial charge on any atom is 0.338 e. The lowest BCUT2D eigenvalue weighted by Crippen LogP contribution is -2.32. The molecule has 0 unspecified atom stereocenters. The van der Waals surface area contributed by atoms with Crippen LogP contribution in [0.3, 0.4) is 0 Å². The number of anilines is 2. The van der Waals surface area contributed by atoms with Crippen LogP contribution in [0.4, 0.5) is 11.4 Å². The van der Waals surface area contributed by atoms with Gasteiger partial charge < -0.3 is 4.74 Å². The molecule has 1 heterocycles. The zero-order chi connectivity index (χ0) is 22.8. The number of rotatable bonds is 4. The van der Waals surface area contributed by atoms with Crippen molar-refractivity contribution in [2.75, 3.05) is 11.5 Å². The summed E-state index contributed by atoms with van der Waals surface area (Å²) in [5.41, 5.74) is 5.29. The summed E-state index contributed by atoms with van der Waals surface area (Å²) >= 11 is 1.62. The molecule has 33 heavy (non-hydrogen) atoms. The molecule has 0 saturated carbocycles. The fourth-order valence-corrected chi connectivity index (χ4v) is 4.85. The minimum absolute atomic E-state index is 0.292. The van der Waals surface area contributed by atoms with Gasteiger partial charge in [-0.1, -0.05) is 78.0 Å². The smallest absolute Gasteiger partial charge is 0.338 e. The number of carbonyl (C=O) groups is 2. The molecule has 1 aliphatic rings. The van der Waals surface area contributed by atoms with Crippen LogP contribution in [-0.2, 0) is 9.53 Å². The van der Waals surface area contributed by atoms with E-state index in [1.165, 1.54) is 5.56 Å². The summed E-state index contributed by atoms with van der Waals surface area (Å²) in [4.78, 5) is 29.4. The molecule has 5 heteroatoms. The molecule has 0 aromatic heterocycles. The average molecular weight is 452 g/mol. The number of hydrogen-bond donors (Lipinski definition) is 0. The highest BCUT2D eigenvalue weighted by Crippen LogP contribution is 2.47. The van der Waals surface area contributed by atoms with Crippen LogP contribution in [-0.4, -0.2) is 18.5 Å². The normalized spacial score (nSPS) is 12.0. The largest absolute Gasteiger partial charge is 0.452 e. The average Bonchev–Trinajstić information content (AvgIpc) is 2.86. The van der Waals surface area contributed by atoms with Gasteiger partial charge in [-0.2, -0.15) is 0 Å². The van der Waals surface area contributed by atoms with Gasteiger partial charge in [0.15, 0.2) is 6.61 Å². The third-order valence-corrected chi connectivity index (χ3v) is 6.64. The van der Waals surface area contributed by atoms with Gasteiger partial charge >= 0.3 is 5.97 Å². The van der Waals surface area contributed by atoms with E-state index in [2.05, 4.69) is 12.1 Å². The molecule has 5 rings (SSSR count). The number of para-hydroxylation sites is 2. The monoisotopic (exact) mass is 451 g/mol. The molecule has 1 aliphatic heterocycles. The second kappa shape index (κ2) is 8.96. The van der Waals surface area contributed by atoms with Crippen molar-refractivity contribution >= 4 is 35.0 Å². The van der Waals surface area contributed by atoms with Crippen molar-refractivity contribution in [1.29, 1.82) is 0 Å². The second-order valence-corrected chi connectivity index (χ2v) is 8.87. The third-order valence-electron chi connectivity index (χ3n) is 5.51. The molecule has 0 bridgehead atoms. The number of esters is 1. The lowest BCUT2D eigenvalue weighted by Gasteiger charge is -2.30. The van der Waals surface area contributed by atoms with Crippen LogP contribution >= 0.6 is 11.8 Å². The summed E-state index contributed by atoms with van der Waals surface area (Å²) in [5, 5.41) is 0. The number of fused-ring (bicyclic) bond motifs is 2. The molecule has 1 amide bonds. The zero-order valence-corrected chi connectivity index (χ0v) is 18.8. The fourth-order valence-electron chi connectivity index (χ4n) is 3.79. The first-order chi connectivity index (χ1) is 16.1. The maximum absolute atomic E-state index is 13.2. The Morgan fingerprint density at radius 1 is 0.727 bits per heavy atom. The van der Waals surface area contributed by atoms with E-state index in [0.29, 0.717) is 5.56 Å². The number of carbonyl (C=O) groups excluding carboxylic acids is 2. The van der Waals surface area contributed by atoms with Crippen molar-refractivity contribution in [3.8, 4) is 11.1 Å². The van der Waals surface area contributed by atoms with Crippen LogP contribution in [0, 0.1) is 6.92 Å². The Morgan fingerprint density at radius 2 is 1.24 bits per heavy atom. The fraction of sp³-hybridized carbons (Fsp3) is 0.0714. The molecular weight excluding hydrogens is 430 g/mol. The quantitative estimate of drug-likeness (QED) is 0.326. The van der Waals surface area contributed by atoms with E-state index in [1.54, 1.807) is 28.8 Å². The molecular formula is C28H21NO3S. The summed E-state index contributed by atoms with van der Waals surface area (Å²) in [5.74, 6) is -0.813. The summed E-state index contributed by atoms with van der Waals surface area (Å²) in [7, 11) is 0. The number of ether oxygens (including phenoxy) is 1. The SMILES string of the molecule is Cc1ccc(-c2ccc(C(=O)OCC(=O)N3c4ccccc4Sc4ccccc43)cc2)cc1. The topological polar surface area (TPSA) is 46.6 Å². The Bertz CT molecular complexity index is 1280. The van der Waals surface area contributed by atoms with Gasteiger partial charge in [-0.15, -0.1) is 0 Å². The molecule has 0 radical (unpaired) electrons. The molecule has 0 spiro atoms. The van der Waals surface area contributed by atoms with Crippen LogP contribution in [0.25, 0.3) is 11.1 Å². The van der Waals surface area contributed by atoms with Gasteiger partial charge in [0.2, 0.25) is 0 Å². The number of aryl methyl sites for hydroxylation is 1. The zero-order valence-electron chi connectivity index (χ0n) is 18.0. The van der Waals surface area contributed by atoms with Crippen LogP contribution in [0.2, 0.25) is 0 Å². The predicted octanol–water partition coefficient (Wildman–Crippen LogP) is 6.65. The molecule has 4 nitrogen and oxygen atoms in total. The number of benzene rings is 4. The van der Waals surface area contributed by atoms with Crippen molar-refractivity contribution in [3.05, 3.63) is 108 Å². The van der Waals surface area contributed by atoms with Crippen molar-refractivity contribution in [2.24, 2.45) is 0 Å². The highest BCUT2D eigenvalue weighted by atomic mass is 32.2. The van der Waals surface area contributed by atoms with Gasteiger partial charge in [0.25, 0.3) is 5.91 Å². The summed E-state index contributed by atoms with van der Waals surface area (Å²) in [6, 6.07) is 30.9. The van der Waals surface area contributed by atoms with Crippen molar-refractivity contribution in [2.45, 2.75) is 16.7 Å². The number of nitrogens with zero attached hydrogens (tertiary/aromatic N) is 1. The highest BCUT2D eigenvalue weighted by molar-refractivity contribution is 7.99. The number of amides is 1. The van der Waals surface area contributed by atoms with Gasteiger partial charge in [0, 0.05) is 9.79 Å². The Morgan fingerprint density at radius 3 is 1.82 bits per heavy atom. The Labute approximate surface area is 196 Å². The predicted molar refractivity (Wildman–Crippen MR) is 131 cm³/mol. The molecule has 0 atom stereocenters. The van der Waals surface area contributed by atoms with E-state index >= 15 is 0 Å². The Balaban J connectivity index is 1.31. The van der Waals surface area contributed by atoms with E-state index in [1.807, 2.05) is 79.7 Å². The van der Waals surface area contributed by atoms with Crippen molar-refractivity contribution in [3.63, 3.8) is 0 Å². The van der Waals surface area contributed by atoms with Crippen LogP contribution in [0.1, 0.15) is 15.9 Å². The molecule has 0 aliphatic carbocycles. The first-order valence-corrected chi connectivity index (χ1v) is 11.4. The minimum atomic E-state index is -0.522. The van der Waals surface area contributed by atoms with Gasteiger partial charge in [-0.25, -0.2) is 4.79 Å². The first kappa shape index (κ1) is 21.0. The van der Waals surface area contributed by atoms with E-state index in [4.69, 9.17) is 4.74 Å². The number of hydrogen-bond acceptors (Lipinski definition) is 4. The summed E-state index contributed by atoms with van der Waals surface area (Å²) < 4.78 is 5.40. The Kier molecular flexibility index (Phi) is 5.71. The van der Waals surface area contributed by atoms with Crippen molar-refractivity contribution < 1.29 is 14.3 Å². The minimum Gasteiger partial charge on any atom is -0.452 e. The first-order valence-electron chi connectivity index (χ1n) is 10.6. The Hall–Kier alpha value is -3.83. The van der Waals surface area contributed by atoms with Crippen LogP contribution in [0.15, 0.2) is 107 Å². The van der Waals surface area contributed by atoms with Gasteiger partial charge in [-0.05, 0) is 54.4 Å². The molecule has 0 saturated heterocycles. The molecule has 0 fully saturated rings. The van der Waals surface area contributed by atoms with Gasteiger partial charge in [-0.3, -0.25) is 9.69 Å². The van der Waals surface area contributed by atoms with E-state index in [-0.39, 0.29) is 12.5 Å². The standard InChI is InChI=1S/C28H21NO3S/c1-19-10-12-20(13-11-19)21-14-16-22(17-15-21)28(31)32-18-27(30)29-23-6-2-4-8-25(23)33-26-9-5-3-7-24(26)29/h2-17H,18H2,1H3. The summed E-state index contributed by atoms with van der Waals surface area (Å²) in [6.07, 6.45) is 0. The van der Waals surface area contributed by atoms with Gasteiger partial charge in [0.05, 0.1) is 16.9 Å². The van der Waals surface area contributed by atoms with Gasteiger partial charge in [0.1, 0.15) is 0 Å². The van der Waals surface area contributed by atoms with E-state index in [9.17, 15) is 9.59 Å². The van der Waals surface area contributed by atoms with Crippen LogP contribution in [0.5, 0.6) is 0 Å². The van der Waals surface area contributed by atoms with Crippen molar-refractivity contribution in [1.82, 2.24) is 0 Å². The molecule has 162 valence electrons. The summed E-state index contributed by atoms with van der Waals surface area (Å²) in [6.45, 7) is 1.70. The molecule has 4 aromatic rings. The lowest BCUT2D eigenvalue weighted by atomic mass is 10.0. The van der Waals surface area contributed by atoms with E-state index in [0.717, 1.165) is 32.3 Å². The molecule has 4 aromatic carbocycles. The molecule has 0 N–H and O–H groups in total. The highest BCUT2D eigenvalue weighted by Gasteiger charge is 2.28. The second-order valence-electron chi connectivity index (χ2n) is 7.79. The lowest BCUT2D eigenvalue weighted by molar-refractivity contribution is -0.121.